The Labute approximate surface area is 78.5 Å². The van der Waals surface area contributed by atoms with Crippen LogP contribution >= 0.6 is 0 Å². The van der Waals surface area contributed by atoms with E-state index in [4.69, 9.17) is 4.74 Å². The van der Waals surface area contributed by atoms with Crippen LogP contribution in [0.25, 0.3) is 0 Å². The highest BCUT2D eigenvalue weighted by molar-refractivity contribution is 5.72. The zero-order valence-corrected chi connectivity index (χ0v) is 8.31. The van der Waals surface area contributed by atoms with Crippen LogP contribution in [0.3, 0.4) is 0 Å². The molecular weight excluding hydrogens is 170 g/mol. The molecule has 5 nitrogen and oxygen atoms in total. The smallest absolute Gasteiger partial charge is 0.311 e. The third-order valence-corrected chi connectivity index (χ3v) is 1.35. The average Bonchev–Trinajstić information content (AvgIpc) is 2.12. The lowest BCUT2D eigenvalue weighted by Crippen LogP contribution is -2.24. The molecule has 0 bridgehead atoms. The Kier molecular flexibility index (Phi) is 6.72. The summed E-state index contributed by atoms with van der Waals surface area (Å²) in [6.07, 6.45) is 1.93. The SMILES string of the molecule is CCOC(=O)C/C(=C/NNC)NC. The largest absolute Gasteiger partial charge is 0.466 e. The highest BCUT2D eigenvalue weighted by Crippen LogP contribution is 1.96. The maximum atomic E-state index is 11.0. The standard InChI is InChI=1S/C8H17N3O2/c1-4-13-8(12)5-7(9-2)6-11-10-3/h6,9-11H,4-5H2,1-3H3/b7-6-. The summed E-state index contributed by atoms with van der Waals surface area (Å²) in [7, 11) is 3.50. The van der Waals surface area contributed by atoms with Gasteiger partial charge < -0.3 is 15.5 Å². The summed E-state index contributed by atoms with van der Waals surface area (Å²) in [5.74, 6) is -0.235. The van der Waals surface area contributed by atoms with Crippen LogP contribution in [0.5, 0.6) is 0 Å². The lowest BCUT2D eigenvalue weighted by molar-refractivity contribution is -0.142. The van der Waals surface area contributed by atoms with Crippen molar-refractivity contribution in [2.24, 2.45) is 0 Å². The zero-order valence-electron chi connectivity index (χ0n) is 8.31. The molecule has 0 saturated heterocycles. The number of hydrogen-bond acceptors (Lipinski definition) is 5. The molecule has 0 spiro atoms. The fourth-order valence-corrected chi connectivity index (χ4v) is 0.738. The predicted molar refractivity (Wildman–Crippen MR) is 50.6 cm³/mol. The van der Waals surface area contributed by atoms with Crippen molar-refractivity contribution in [3.8, 4) is 0 Å². The van der Waals surface area contributed by atoms with E-state index in [1.54, 1.807) is 27.2 Å². The van der Waals surface area contributed by atoms with Crippen LogP contribution in [0.2, 0.25) is 0 Å². The van der Waals surface area contributed by atoms with E-state index in [1.807, 2.05) is 0 Å². The number of rotatable bonds is 6. The predicted octanol–water partition coefficient (Wildman–Crippen LogP) is -0.276. The van der Waals surface area contributed by atoms with Crippen molar-refractivity contribution < 1.29 is 9.53 Å². The summed E-state index contributed by atoms with van der Waals surface area (Å²) < 4.78 is 4.79. The number of hydrogen-bond donors (Lipinski definition) is 3. The van der Waals surface area contributed by atoms with Crippen molar-refractivity contribution in [1.82, 2.24) is 16.2 Å². The van der Waals surface area contributed by atoms with Crippen molar-refractivity contribution >= 4 is 5.97 Å². The van der Waals surface area contributed by atoms with Gasteiger partial charge in [-0.2, -0.15) is 0 Å². The molecule has 0 heterocycles. The first kappa shape index (κ1) is 11.8. The molecule has 0 atom stereocenters. The van der Waals surface area contributed by atoms with Gasteiger partial charge in [0.1, 0.15) is 0 Å². The Morgan fingerprint density at radius 2 is 2.15 bits per heavy atom. The van der Waals surface area contributed by atoms with Crippen LogP contribution in [0.4, 0.5) is 0 Å². The summed E-state index contributed by atoms with van der Waals surface area (Å²) in [5.41, 5.74) is 6.25. The Balaban J connectivity index is 3.89. The van der Waals surface area contributed by atoms with Gasteiger partial charge in [0.25, 0.3) is 0 Å². The highest BCUT2D eigenvalue weighted by atomic mass is 16.5. The Morgan fingerprint density at radius 3 is 2.62 bits per heavy atom. The number of esters is 1. The van der Waals surface area contributed by atoms with Crippen LogP contribution in [-0.4, -0.2) is 26.7 Å². The Hall–Kier alpha value is -1.23. The van der Waals surface area contributed by atoms with E-state index >= 15 is 0 Å². The van der Waals surface area contributed by atoms with Gasteiger partial charge in [0.15, 0.2) is 0 Å². The number of nitrogens with one attached hydrogen (secondary N) is 3. The van der Waals surface area contributed by atoms with Crippen LogP contribution in [-0.2, 0) is 9.53 Å². The van der Waals surface area contributed by atoms with Gasteiger partial charge in [0, 0.05) is 26.0 Å². The molecule has 13 heavy (non-hydrogen) atoms. The van der Waals surface area contributed by atoms with E-state index in [1.165, 1.54) is 0 Å². The molecule has 0 aliphatic rings. The monoisotopic (exact) mass is 187 g/mol. The topological polar surface area (TPSA) is 62.4 Å². The van der Waals surface area contributed by atoms with Crippen molar-refractivity contribution in [3.05, 3.63) is 11.9 Å². The van der Waals surface area contributed by atoms with Crippen molar-refractivity contribution in [2.45, 2.75) is 13.3 Å². The third kappa shape index (κ3) is 5.98. The van der Waals surface area contributed by atoms with Crippen LogP contribution < -0.4 is 16.2 Å². The molecule has 0 aromatic rings. The molecule has 0 amide bonds. The lowest BCUT2D eigenvalue weighted by atomic mass is 10.3. The first-order valence-corrected chi connectivity index (χ1v) is 4.19. The average molecular weight is 187 g/mol. The molecule has 0 fully saturated rings. The molecule has 0 unspecified atom stereocenters. The second-order valence-corrected chi connectivity index (χ2v) is 2.30. The summed E-state index contributed by atoms with van der Waals surface area (Å²) in [6, 6.07) is 0. The molecular formula is C8H17N3O2. The molecule has 0 aromatic heterocycles. The van der Waals surface area contributed by atoms with E-state index in [9.17, 15) is 4.79 Å². The molecule has 76 valence electrons. The van der Waals surface area contributed by atoms with Crippen LogP contribution in [0, 0.1) is 0 Å². The fourth-order valence-electron chi connectivity index (χ4n) is 0.738. The molecule has 0 rings (SSSR count). The van der Waals surface area contributed by atoms with Gasteiger partial charge >= 0.3 is 5.97 Å². The minimum atomic E-state index is -0.235. The summed E-state index contributed by atoms with van der Waals surface area (Å²) in [5, 5.41) is 2.88. The Bertz CT molecular complexity index is 180. The van der Waals surface area contributed by atoms with Gasteiger partial charge in [-0.25, -0.2) is 5.43 Å². The first-order chi connectivity index (χ1) is 6.24. The number of carbonyl (C=O) groups is 1. The maximum Gasteiger partial charge on any atom is 0.311 e. The second kappa shape index (κ2) is 7.42. The van der Waals surface area contributed by atoms with Gasteiger partial charge in [0.2, 0.25) is 0 Å². The first-order valence-electron chi connectivity index (χ1n) is 4.19. The van der Waals surface area contributed by atoms with Crippen molar-refractivity contribution in [3.63, 3.8) is 0 Å². The fraction of sp³-hybridized carbons (Fsp3) is 0.625. The molecule has 5 heteroatoms. The van der Waals surface area contributed by atoms with E-state index < -0.39 is 0 Å². The van der Waals surface area contributed by atoms with Crippen LogP contribution in [0.15, 0.2) is 11.9 Å². The van der Waals surface area contributed by atoms with Gasteiger partial charge in [-0.1, -0.05) is 0 Å². The third-order valence-electron chi connectivity index (χ3n) is 1.35. The lowest BCUT2D eigenvalue weighted by Gasteiger charge is -2.06. The molecule has 0 aliphatic heterocycles. The Morgan fingerprint density at radius 1 is 1.46 bits per heavy atom. The summed E-state index contributed by atoms with van der Waals surface area (Å²) >= 11 is 0. The van der Waals surface area contributed by atoms with E-state index in [2.05, 4.69) is 16.2 Å². The van der Waals surface area contributed by atoms with Gasteiger partial charge in [-0.15, -0.1) is 0 Å². The van der Waals surface area contributed by atoms with Crippen molar-refractivity contribution in [1.29, 1.82) is 0 Å². The quantitative estimate of drug-likeness (QED) is 0.394. The van der Waals surface area contributed by atoms with E-state index in [0.29, 0.717) is 6.61 Å². The zero-order chi connectivity index (χ0) is 10.1. The van der Waals surface area contributed by atoms with E-state index in [0.717, 1.165) is 5.70 Å². The van der Waals surface area contributed by atoms with E-state index in [-0.39, 0.29) is 12.4 Å². The second-order valence-electron chi connectivity index (χ2n) is 2.30. The minimum absolute atomic E-state index is 0.235. The number of ether oxygens (including phenoxy) is 1. The van der Waals surface area contributed by atoms with Gasteiger partial charge in [-0.05, 0) is 6.92 Å². The van der Waals surface area contributed by atoms with Gasteiger partial charge in [-0.3, -0.25) is 4.79 Å². The molecule has 0 radical (unpaired) electrons. The minimum Gasteiger partial charge on any atom is -0.466 e. The maximum absolute atomic E-state index is 11.0. The summed E-state index contributed by atoms with van der Waals surface area (Å²) in [6.45, 7) is 2.20. The van der Waals surface area contributed by atoms with Crippen LogP contribution in [0.1, 0.15) is 13.3 Å². The number of carbonyl (C=O) groups excluding carboxylic acids is 1. The molecule has 0 aliphatic carbocycles. The van der Waals surface area contributed by atoms with Gasteiger partial charge in [0.05, 0.1) is 13.0 Å². The molecule has 3 N–H and O–H groups in total. The van der Waals surface area contributed by atoms with Crippen molar-refractivity contribution in [2.75, 3.05) is 20.7 Å². The normalized spacial score (nSPS) is 10.8. The molecule has 0 aromatic carbocycles. The summed E-state index contributed by atoms with van der Waals surface area (Å²) in [4.78, 5) is 11.0. The highest BCUT2D eigenvalue weighted by Gasteiger charge is 2.04. The number of hydrazine groups is 1. The molecule has 0 saturated carbocycles.